The Bertz CT molecular complexity index is 65.4. The first-order valence-electron chi connectivity index (χ1n) is 3.11. The molecule has 2 heteroatoms. The number of rotatable bonds is 2. The third-order valence-corrected chi connectivity index (χ3v) is 3.86. The molecule has 50 valence electrons. The van der Waals surface area contributed by atoms with E-state index in [1.165, 1.54) is 0 Å². The van der Waals surface area contributed by atoms with Gasteiger partial charge in [-0.3, -0.25) is 0 Å². The van der Waals surface area contributed by atoms with Crippen LogP contribution in [0.2, 0.25) is 19.6 Å². The Morgan fingerprint density at radius 2 is 1.62 bits per heavy atom. The van der Waals surface area contributed by atoms with Crippen LogP contribution >= 0.6 is 0 Å². The largest absolute Gasteiger partial charge is 0.522 e. The summed E-state index contributed by atoms with van der Waals surface area (Å²) in [7, 11) is 1.11. The molecule has 0 aromatic heterocycles. The van der Waals surface area contributed by atoms with Crippen LogP contribution in [0.3, 0.4) is 0 Å². The normalized spacial score (nSPS) is 12.8. The Labute approximate surface area is 53.5 Å². The third kappa shape index (κ3) is 2.48. The van der Waals surface area contributed by atoms with Crippen molar-refractivity contribution in [1.29, 1.82) is 0 Å². The molecule has 0 amide bonds. The van der Waals surface area contributed by atoms with E-state index in [4.69, 9.17) is 0 Å². The minimum Gasteiger partial charge on any atom is -0.522 e. The lowest BCUT2D eigenvalue weighted by Gasteiger charge is -2.24. The highest BCUT2D eigenvalue weighted by Gasteiger charge is 2.27. The Morgan fingerprint density at radius 3 is 1.62 bits per heavy atom. The van der Waals surface area contributed by atoms with Gasteiger partial charge in [-0.05, 0) is 0 Å². The Hall–Kier alpha value is 0.177. The van der Waals surface area contributed by atoms with Gasteiger partial charge in [0.1, 0.15) is 13.7 Å². The Balaban J connectivity index is 3.62. The minimum atomic E-state index is -1.01. The lowest BCUT2D eigenvalue weighted by Crippen LogP contribution is -2.35. The molecule has 8 heavy (non-hydrogen) atoms. The highest BCUT2D eigenvalue weighted by molar-refractivity contribution is 6.70. The first-order chi connectivity index (χ1) is 3.48. The molecule has 0 unspecified atom stereocenters. The summed E-state index contributed by atoms with van der Waals surface area (Å²) >= 11 is 0. The molecule has 1 nitrogen and oxygen atoms in total. The fourth-order valence-electron chi connectivity index (χ4n) is 0.433. The quantitative estimate of drug-likeness (QED) is 0.400. The summed E-state index contributed by atoms with van der Waals surface area (Å²) in [5.74, 6) is 0. The maximum atomic E-state index is 3.18. The second kappa shape index (κ2) is 2.64. The molecule has 0 saturated carbocycles. The maximum absolute atomic E-state index is 3.18. The predicted octanol–water partition coefficient (Wildman–Crippen LogP) is 2.02. The van der Waals surface area contributed by atoms with E-state index in [1.54, 1.807) is 0 Å². The maximum Gasteiger partial charge on any atom is 0.376 e. The van der Waals surface area contributed by atoms with Gasteiger partial charge in [0.05, 0.1) is 0 Å². The van der Waals surface area contributed by atoms with Crippen molar-refractivity contribution in [2.24, 2.45) is 0 Å². The molecule has 0 heterocycles. The average Bonchev–Trinajstić information content (AvgIpc) is 1.62. The molecule has 0 aliphatic heterocycles. The summed E-state index contributed by atoms with van der Waals surface area (Å²) < 4.78 is 3.18. The van der Waals surface area contributed by atoms with Gasteiger partial charge < -0.3 is 4.06 Å². The first-order valence-corrected chi connectivity index (χ1v) is 6.52. The number of hydrogen-bond acceptors (Lipinski definition) is 0. The molecular weight excluding hydrogens is 116 g/mol. The zero-order valence-corrected chi connectivity index (χ0v) is 7.62. The van der Waals surface area contributed by atoms with E-state index < -0.39 is 8.32 Å². The summed E-state index contributed by atoms with van der Waals surface area (Å²) in [6, 6.07) is 0. The van der Waals surface area contributed by atoms with Crippen molar-refractivity contribution in [3.8, 4) is 0 Å². The van der Waals surface area contributed by atoms with Crippen molar-refractivity contribution < 1.29 is 4.06 Å². The van der Waals surface area contributed by atoms with Crippen LogP contribution in [0.4, 0.5) is 0 Å². The van der Waals surface area contributed by atoms with Gasteiger partial charge in [0.15, 0.2) is 0 Å². The molecule has 0 aromatic carbocycles. The van der Waals surface area contributed by atoms with Crippen molar-refractivity contribution in [2.45, 2.75) is 26.6 Å². The van der Waals surface area contributed by atoms with Crippen molar-refractivity contribution in [3.63, 3.8) is 0 Å². The monoisotopic (exact) mass is 133 g/mol. The van der Waals surface area contributed by atoms with E-state index in [0.717, 1.165) is 6.61 Å². The van der Waals surface area contributed by atoms with E-state index in [1.807, 2.05) is 0 Å². The van der Waals surface area contributed by atoms with Crippen molar-refractivity contribution in [3.05, 3.63) is 0 Å². The van der Waals surface area contributed by atoms with Gasteiger partial charge in [-0.25, -0.2) is 0 Å². The topological polar surface area (TPSA) is 2.70 Å². The molecule has 0 aromatic rings. The summed E-state index contributed by atoms with van der Waals surface area (Å²) in [6.45, 7) is 10.2. The molecule has 0 aliphatic rings. The van der Waals surface area contributed by atoms with Gasteiger partial charge >= 0.3 is 8.32 Å². The highest BCUT2D eigenvalue weighted by atomic mass is 28.4. The molecular formula is C6H17OSi+. The lowest BCUT2D eigenvalue weighted by molar-refractivity contribution is 0.0581. The average molecular weight is 133 g/mol. The van der Waals surface area contributed by atoms with Crippen molar-refractivity contribution in [1.82, 2.24) is 0 Å². The van der Waals surface area contributed by atoms with Crippen LogP contribution < -0.4 is 0 Å². The zero-order valence-electron chi connectivity index (χ0n) is 6.62. The first kappa shape index (κ1) is 8.18. The second-order valence-electron chi connectivity index (χ2n) is 3.04. The molecule has 0 saturated heterocycles. The summed E-state index contributed by atoms with van der Waals surface area (Å²) in [6.07, 6.45) is 0. The second-order valence-corrected chi connectivity index (χ2v) is 7.96. The third-order valence-electron chi connectivity index (χ3n) is 1.48. The molecule has 0 N–H and O–H groups in total. The fraction of sp³-hybridized carbons (Fsp3) is 1.00. The summed E-state index contributed by atoms with van der Waals surface area (Å²) in [4.78, 5) is 0. The molecule has 0 atom stereocenters. The van der Waals surface area contributed by atoms with E-state index in [0.29, 0.717) is 0 Å². The van der Waals surface area contributed by atoms with E-state index in [-0.39, 0.29) is 0 Å². The molecule has 0 spiro atoms. The van der Waals surface area contributed by atoms with Crippen LogP contribution in [0, 0.1) is 0 Å². The zero-order chi connectivity index (χ0) is 6.78. The van der Waals surface area contributed by atoms with Gasteiger partial charge in [0.2, 0.25) is 0 Å². The van der Waals surface area contributed by atoms with Crippen LogP contribution in [-0.2, 0) is 4.06 Å². The lowest BCUT2D eigenvalue weighted by atomic mass is 10.9. The highest BCUT2D eigenvalue weighted by Crippen LogP contribution is 2.09. The van der Waals surface area contributed by atoms with E-state index in [9.17, 15) is 0 Å². The molecule has 0 radical (unpaired) electrons. The Kier molecular flexibility index (Phi) is 2.70. The minimum absolute atomic E-state index is 1.01. The molecule has 0 fully saturated rings. The standard InChI is InChI=1S/C6H17OSi/c1-6-7(2)8(3,4)5/h6H2,1-5H3/q+1. The smallest absolute Gasteiger partial charge is 0.376 e. The van der Waals surface area contributed by atoms with Crippen LogP contribution in [0.5, 0.6) is 0 Å². The van der Waals surface area contributed by atoms with Crippen LogP contribution in [0.15, 0.2) is 0 Å². The molecule has 0 bridgehead atoms. The van der Waals surface area contributed by atoms with Gasteiger partial charge in [-0.15, -0.1) is 0 Å². The van der Waals surface area contributed by atoms with E-state index >= 15 is 0 Å². The van der Waals surface area contributed by atoms with Crippen molar-refractivity contribution in [2.75, 3.05) is 13.7 Å². The van der Waals surface area contributed by atoms with Crippen molar-refractivity contribution >= 4 is 8.32 Å². The van der Waals surface area contributed by atoms with Gasteiger partial charge in [0.25, 0.3) is 0 Å². The van der Waals surface area contributed by atoms with Gasteiger partial charge in [-0.2, -0.15) is 0 Å². The molecule has 0 rings (SSSR count). The van der Waals surface area contributed by atoms with Crippen LogP contribution in [0.25, 0.3) is 0 Å². The van der Waals surface area contributed by atoms with Gasteiger partial charge in [-0.1, -0.05) is 0 Å². The fourth-order valence-corrected chi connectivity index (χ4v) is 1.30. The van der Waals surface area contributed by atoms with Crippen LogP contribution in [-0.4, -0.2) is 22.0 Å². The predicted molar refractivity (Wildman–Crippen MR) is 40.9 cm³/mol. The molecule has 0 aliphatic carbocycles. The summed E-state index contributed by atoms with van der Waals surface area (Å²) in [5, 5.41) is 0. The van der Waals surface area contributed by atoms with E-state index in [2.05, 4.69) is 37.7 Å². The van der Waals surface area contributed by atoms with Gasteiger partial charge in [0, 0.05) is 26.6 Å². The SMILES string of the molecule is CC[O+](C)[Si](C)(C)C. The summed E-state index contributed by atoms with van der Waals surface area (Å²) in [5.41, 5.74) is 0. The number of hydrogen-bond donors (Lipinski definition) is 0. The van der Waals surface area contributed by atoms with Crippen LogP contribution in [0.1, 0.15) is 6.92 Å². The Morgan fingerprint density at radius 1 is 1.25 bits per heavy atom.